The first-order valence-corrected chi connectivity index (χ1v) is 21.5. The Morgan fingerprint density at radius 2 is 1.57 bits per heavy atom. The predicted molar refractivity (Wildman–Crippen MR) is 216 cm³/mol. The molecule has 2 fully saturated rings. The first kappa shape index (κ1) is 48.6. The van der Waals surface area contributed by atoms with Crippen LogP contribution in [0.1, 0.15) is 113 Å². The summed E-state index contributed by atoms with van der Waals surface area (Å²) in [5, 5.41) is 12.1. The molecule has 51 heavy (non-hydrogen) atoms. The number of hydrogen-bond acceptors (Lipinski definition) is 8. The van der Waals surface area contributed by atoms with Crippen LogP contribution in [0.3, 0.4) is 0 Å². The molecule has 1 saturated carbocycles. The Balaban J connectivity index is 0.00000183. The minimum Gasteiger partial charge on any atom is -0.480 e. The van der Waals surface area contributed by atoms with Crippen LogP contribution in [0.4, 0.5) is 0 Å². The molecule has 2 N–H and O–H groups in total. The molecule has 1 heterocycles. The van der Waals surface area contributed by atoms with Crippen LogP contribution in [0.25, 0.3) is 11.1 Å². The number of methoxy groups -OCH3 is 1. The zero-order valence-electron chi connectivity index (χ0n) is 32.9. The number of unbranched alkanes of at least 4 members (excludes halogenated alkanes) is 2. The van der Waals surface area contributed by atoms with Gasteiger partial charge in [0.15, 0.2) is 0 Å². The maximum Gasteiger partial charge on any atom is 0.326 e. The van der Waals surface area contributed by atoms with E-state index in [0.717, 1.165) is 67.4 Å². The molecule has 11 heteroatoms. The molecular weight excluding hydrogens is 685 g/mol. The van der Waals surface area contributed by atoms with Gasteiger partial charge >= 0.3 is 5.97 Å². The van der Waals surface area contributed by atoms with Crippen LogP contribution in [-0.2, 0) is 30.7 Å². The lowest BCUT2D eigenvalue weighted by atomic mass is 9.93. The first-order chi connectivity index (χ1) is 24.4. The van der Waals surface area contributed by atoms with Crippen molar-refractivity contribution in [1.29, 1.82) is 0 Å². The summed E-state index contributed by atoms with van der Waals surface area (Å²) in [5.74, 6) is -2.13. The van der Waals surface area contributed by atoms with Crippen LogP contribution in [0.15, 0.2) is 42.5 Å². The molecule has 2 unspecified atom stereocenters. The Kier molecular flexibility index (Phi) is 26.8. The number of thiol groups is 1. The van der Waals surface area contributed by atoms with Gasteiger partial charge in [0.2, 0.25) is 0 Å². The molecule has 4 rings (SSSR count). The fraction of sp³-hybridized carbons (Fsp3) is 0.650. The predicted octanol–water partition coefficient (Wildman–Crippen LogP) is 8.23. The van der Waals surface area contributed by atoms with Crippen molar-refractivity contribution in [3.05, 3.63) is 59.2 Å². The number of ether oxygens (including phenoxy) is 2. The molecule has 292 valence electrons. The quantitative estimate of drug-likeness (QED) is 0.175. The summed E-state index contributed by atoms with van der Waals surface area (Å²) >= 11 is 3.53. The van der Waals surface area contributed by atoms with E-state index in [0.29, 0.717) is 11.7 Å². The molecule has 2 aromatic rings. The number of carboxylic acid groups (broad SMARTS) is 1. The smallest absolute Gasteiger partial charge is 0.326 e. The molecule has 2 atom stereocenters. The molecule has 0 bridgehead atoms. The van der Waals surface area contributed by atoms with E-state index in [1.807, 2.05) is 57.2 Å². The van der Waals surface area contributed by atoms with Crippen molar-refractivity contribution < 1.29 is 32.6 Å². The van der Waals surface area contributed by atoms with Crippen molar-refractivity contribution in [1.82, 2.24) is 10.2 Å². The molecule has 1 amide bonds. The number of rotatable bonds is 13. The number of sulfone groups is 1. The summed E-state index contributed by atoms with van der Waals surface area (Å²) < 4.78 is 33.8. The summed E-state index contributed by atoms with van der Waals surface area (Å²) in [6.07, 6.45) is 14.4. The SMILES string of the molecule is CC.CCCCC.COC.CS.Cc1ccccc1-c1cc(CN2CCC(OC3CCCCC3)C2)ccc1C(=O)NC(CCS(C)(=O)=O)C(=O)O. The number of nitrogens with one attached hydrogen (secondary N) is 1. The second-order valence-corrected chi connectivity index (χ2v) is 15.0. The third-order valence-corrected chi connectivity index (χ3v) is 9.40. The van der Waals surface area contributed by atoms with Gasteiger partial charge in [-0.15, -0.1) is 0 Å². The van der Waals surface area contributed by atoms with Crippen molar-refractivity contribution in [3.63, 3.8) is 0 Å². The minimum atomic E-state index is -3.37. The second-order valence-electron chi connectivity index (χ2n) is 12.8. The van der Waals surface area contributed by atoms with Crippen LogP contribution < -0.4 is 5.32 Å². The van der Waals surface area contributed by atoms with Crippen LogP contribution in [0.2, 0.25) is 0 Å². The number of amides is 1. The average molecular weight is 753 g/mol. The monoisotopic (exact) mass is 752 g/mol. The summed E-state index contributed by atoms with van der Waals surface area (Å²) in [6.45, 7) is 13.0. The number of carboxylic acids is 1. The zero-order chi connectivity index (χ0) is 38.8. The third kappa shape index (κ3) is 19.8. The summed E-state index contributed by atoms with van der Waals surface area (Å²) in [6, 6.07) is 12.1. The van der Waals surface area contributed by atoms with Crippen LogP contribution in [0, 0.1) is 6.92 Å². The third-order valence-electron chi connectivity index (χ3n) is 8.42. The highest BCUT2D eigenvalue weighted by Gasteiger charge is 2.28. The molecule has 1 saturated heterocycles. The summed E-state index contributed by atoms with van der Waals surface area (Å²) in [4.78, 5) is 27.5. The van der Waals surface area contributed by atoms with Crippen LogP contribution in [0.5, 0.6) is 0 Å². The Morgan fingerprint density at radius 1 is 0.961 bits per heavy atom. The molecule has 0 radical (unpaired) electrons. The molecule has 1 aliphatic heterocycles. The van der Waals surface area contributed by atoms with E-state index in [1.54, 1.807) is 26.5 Å². The summed E-state index contributed by atoms with van der Waals surface area (Å²) in [5.41, 5.74) is 4.04. The van der Waals surface area contributed by atoms with Crippen molar-refractivity contribution in [3.8, 4) is 11.1 Å². The molecule has 9 nitrogen and oxygen atoms in total. The average Bonchev–Trinajstić information content (AvgIpc) is 3.55. The highest BCUT2D eigenvalue weighted by atomic mass is 32.2. The number of nitrogens with zero attached hydrogens (tertiary/aromatic N) is 1. The molecular formula is C40H68N2O7S2. The van der Waals surface area contributed by atoms with Crippen LogP contribution >= 0.6 is 12.6 Å². The molecule has 0 spiro atoms. The largest absolute Gasteiger partial charge is 0.480 e. The van der Waals surface area contributed by atoms with E-state index in [1.165, 1.54) is 38.5 Å². The number of carbonyl (C=O) groups is 2. The lowest BCUT2D eigenvalue weighted by molar-refractivity contribution is -0.139. The van der Waals surface area contributed by atoms with Gasteiger partial charge in [0.25, 0.3) is 5.91 Å². The topological polar surface area (TPSA) is 122 Å². The van der Waals surface area contributed by atoms with Crippen LogP contribution in [-0.4, -0.2) is 94.1 Å². The summed E-state index contributed by atoms with van der Waals surface area (Å²) in [7, 11) is -0.118. The number of carbonyl (C=O) groups excluding carboxylic acids is 1. The van der Waals surface area contributed by atoms with Gasteiger partial charge in [-0.25, -0.2) is 13.2 Å². The second kappa shape index (κ2) is 28.1. The van der Waals surface area contributed by atoms with E-state index in [4.69, 9.17) is 4.74 Å². The van der Waals surface area contributed by atoms with E-state index in [9.17, 15) is 23.1 Å². The van der Waals surface area contributed by atoms with Gasteiger partial charge in [-0.05, 0) is 73.2 Å². The maximum atomic E-state index is 13.3. The fourth-order valence-electron chi connectivity index (χ4n) is 5.95. The number of aliphatic carboxylic acids is 1. The normalized spacial score (nSPS) is 16.4. The van der Waals surface area contributed by atoms with Gasteiger partial charge in [0, 0.05) is 45.7 Å². The van der Waals surface area contributed by atoms with Gasteiger partial charge in [-0.2, -0.15) is 12.6 Å². The number of hydrogen-bond donors (Lipinski definition) is 3. The van der Waals surface area contributed by atoms with E-state index in [2.05, 4.69) is 41.4 Å². The zero-order valence-corrected chi connectivity index (χ0v) is 34.6. The lowest BCUT2D eigenvalue weighted by Crippen LogP contribution is -2.42. The van der Waals surface area contributed by atoms with Gasteiger partial charge < -0.3 is 19.9 Å². The molecule has 0 aromatic heterocycles. The Hall–Kier alpha value is -2.44. The van der Waals surface area contributed by atoms with Crippen molar-refractivity contribution in [2.24, 2.45) is 0 Å². The maximum absolute atomic E-state index is 13.3. The van der Waals surface area contributed by atoms with Crippen molar-refractivity contribution in [2.75, 3.05) is 45.6 Å². The fourth-order valence-corrected chi connectivity index (χ4v) is 6.61. The molecule has 1 aliphatic carbocycles. The Bertz CT molecular complexity index is 1350. The Morgan fingerprint density at radius 3 is 2.10 bits per heavy atom. The van der Waals surface area contributed by atoms with Crippen molar-refractivity contribution in [2.45, 2.75) is 124 Å². The van der Waals surface area contributed by atoms with Gasteiger partial charge in [0.05, 0.1) is 18.0 Å². The van der Waals surface area contributed by atoms with E-state index in [-0.39, 0.29) is 18.3 Å². The highest BCUT2D eigenvalue weighted by Crippen LogP contribution is 2.30. The standard InChI is InChI=1S/C30H40N2O6S.C5H12.C2H6O.C2H6.CH4S/c1-21-8-6-7-11-25(21)27-18-22(19-32-16-14-24(20-32)38-23-9-4-3-5-10-23)12-13-26(27)29(33)31-28(30(34)35)15-17-39(2,36)37;1-3-5-4-2;1-3-2;2*1-2/h6-8,11-13,18,23-24,28H,3-5,9-10,14-17,19-20H2,1-2H3,(H,31,33)(H,34,35);3-5H2,1-2H3;1-2H3;1-2H3;2H,1H3. The lowest BCUT2D eigenvalue weighted by Gasteiger charge is -2.25. The number of likely N-dealkylation sites (tertiary alicyclic amines) is 1. The number of aryl methyl sites for hydroxylation is 1. The number of benzene rings is 2. The highest BCUT2D eigenvalue weighted by molar-refractivity contribution is 7.90. The van der Waals surface area contributed by atoms with Gasteiger partial charge in [-0.1, -0.05) is 96.6 Å². The first-order valence-electron chi connectivity index (χ1n) is 18.5. The van der Waals surface area contributed by atoms with E-state index < -0.39 is 27.8 Å². The van der Waals surface area contributed by atoms with E-state index >= 15 is 0 Å². The van der Waals surface area contributed by atoms with Crippen molar-refractivity contribution >= 4 is 34.3 Å². The minimum absolute atomic E-state index is 0.198. The molecule has 2 aliphatic rings. The van der Waals surface area contributed by atoms with Gasteiger partial charge in [-0.3, -0.25) is 9.69 Å². The molecule has 2 aromatic carbocycles. The Labute approximate surface area is 315 Å². The van der Waals surface area contributed by atoms with Gasteiger partial charge in [0.1, 0.15) is 15.9 Å².